The molecule has 1 unspecified atom stereocenters. The molecule has 0 saturated carbocycles. The van der Waals surface area contributed by atoms with Crippen LogP contribution in [0.15, 0.2) is 0 Å². The molecular formula is C9H18N2O6S. The third kappa shape index (κ3) is 7.20. The number of esters is 1. The first-order valence-electron chi connectivity index (χ1n) is 5.39. The fraction of sp³-hybridized carbons (Fsp3) is 0.778. The minimum Gasteiger partial charge on any atom is -0.480 e. The summed E-state index contributed by atoms with van der Waals surface area (Å²) in [5, 5.41) is 8.84. The second kappa shape index (κ2) is 8.01. The van der Waals surface area contributed by atoms with E-state index in [1.807, 2.05) is 4.72 Å². The van der Waals surface area contributed by atoms with Crippen molar-refractivity contribution < 1.29 is 27.9 Å². The van der Waals surface area contributed by atoms with Crippen LogP contribution in [0.2, 0.25) is 0 Å². The molecule has 0 aromatic rings. The van der Waals surface area contributed by atoms with Crippen molar-refractivity contribution in [1.29, 1.82) is 0 Å². The predicted octanol–water partition coefficient (Wildman–Crippen LogP) is -0.773. The zero-order chi connectivity index (χ0) is 14.2. The van der Waals surface area contributed by atoms with Crippen LogP contribution in [0.4, 0.5) is 0 Å². The summed E-state index contributed by atoms with van der Waals surface area (Å²) in [6.45, 7) is 1.98. The monoisotopic (exact) mass is 282 g/mol. The zero-order valence-corrected chi connectivity index (χ0v) is 11.1. The summed E-state index contributed by atoms with van der Waals surface area (Å²) in [5.41, 5.74) is 0. The van der Waals surface area contributed by atoms with Crippen LogP contribution in [-0.4, -0.2) is 45.2 Å². The van der Waals surface area contributed by atoms with Crippen molar-refractivity contribution in [3.8, 4) is 0 Å². The molecule has 0 radical (unpaired) electrons. The number of methoxy groups -OCH3 is 1. The number of carbonyl (C=O) groups is 2. The number of aliphatic carboxylic acids is 1. The van der Waals surface area contributed by atoms with Gasteiger partial charge in [0.2, 0.25) is 0 Å². The lowest BCUT2D eigenvalue weighted by Crippen LogP contribution is -2.46. The number of carboxylic acids is 1. The van der Waals surface area contributed by atoms with Gasteiger partial charge in [0.25, 0.3) is 10.2 Å². The van der Waals surface area contributed by atoms with Crippen LogP contribution in [0.1, 0.15) is 26.2 Å². The van der Waals surface area contributed by atoms with Crippen LogP contribution >= 0.6 is 0 Å². The molecule has 0 spiro atoms. The number of hydrogen-bond donors (Lipinski definition) is 3. The van der Waals surface area contributed by atoms with Gasteiger partial charge in [0.05, 0.1) is 7.11 Å². The van der Waals surface area contributed by atoms with Crippen molar-refractivity contribution in [2.75, 3.05) is 13.7 Å². The van der Waals surface area contributed by atoms with Crippen LogP contribution < -0.4 is 9.44 Å². The van der Waals surface area contributed by atoms with Gasteiger partial charge in [-0.1, -0.05) is 6.92 Å². The molecule has 0 aromatic carbocycles. The van der Waals surface area contributed by atoms with Crippen LogP contribution in [0.3, 0.4) is 0 Å². The van der Waals surface area contributed by atoms with Crippen LogP contribution in [0.5, 0.6) is 0 Å². The Hall–Kier alpha value is -1.19. The first kappa shape index (κ1) is 16.8. The number of nitrogens with one attached hydrogen (secondary N) is 2. The van der Waals surface area contributed by atoms with Crippen molar-refractivity contribution >= 4 is 22.1 Å². The second-order valence-corrected chi connectivity index (χ2v) is 5.05. The van der Waals surface area contributed by atoms with E-state index in [9.17, 15) is 18.0 Å². The third-order valence-electron chi connectivity index (χ3n) is 2.00. The number of carbonyl (C=O) groups excluding carboxylic acids is 1. The normalized spacial score (nSPS) is 13.0. The van der Waals surface area contributed by atoms with Gasteiger partial charge in [0.15, 0.2) is 0 Å². The van der Waals surface area contributed by atoms with Crippen LogP contribution in [-0.2, 0) is 24.5 Å². The lowest BCUT2D eigenvalue weighted by Gasteiger charge is -2.14. The van der Waals surface area contributed by atoms with E-state index in [0.29, 0.717) is 6.42 Å². The summed E-state index contributed by atoms with van der Waals surface area (Å²) in [5.74, 6) is -1.94. The summed E-state index contributed by atoms with van der Waals surface area (Å²) < 4.78 is 31.3. The number of ether oxygens (including phenoxy) is 1. The minimum atomic E-state index is -3.88. The molecule has 0 aliphatic rings. The lowest BCUT2D eigenvalue weighted by atomic mass is 10.2. The van der Waals surface area contributed by atoms with Crippen molar-refractivity contribution in [2.45, 2.75) is 32.2 Å². The Kier molecular flexibility index (Phi) is 7.48. The van der Waals surface area contributed by atoms with Gasteiger partial charge in [-0.05, 0) is 12.8 Å². The summed E-state index contributed by atoms with van der Waals surface area (Å²) in [4.78, 5) is 21.7. The molecule has 0 amide bonds. The Morgan fingerprint density at radius 3 is 2.44 bits per heavy atom. The molecule has 0 aromatic heterocycles. The van der Waals surface area contributed by atoms with Gasteiger partial charge in [0.1, 0.15) is 6.04 Å². The summed E-state index contributed by atoms with van der Waals surface area (Å²) in [6.07, 6.45) is 0.236. The molecule has 18 heavy (non-hydrogen) atoms. The molecule has 9 heteroatoms. The average Bonchev–Trinajstić information content (AvgIpc) is 2.31. The minimum absolute atomic E-state index is 0.172. The van der Waals surface area contributed by atoms with Crippen molar-refractivity contribution in [1.82, 2.24) is 9.44 Å². The van der Waals surface area contributed by atoms with E-state index >= 15 is 0 Å². The standard InChI is InChI=1S/C9H18N2O6S/c1-3-6-10-18(15,16)11-7(9(13)14)4-5-8(12)17-2/h7,10-11H,3-6H2,1-2H3,(H,13,14). The van der Waals surface area contributed by atoms with Gasteiger partial charge < -0.3 is 9.84 Å². The summed E-state index contributed by atoms with van der Waals surface area (Å²) in [6, 6.07) is -1.36. The van der Waals surface area contributed by atoms with E-state index in [0.717, 1.165) is 0 Å². The third-order valence-corrected chi connectivity index (χ3v) is 3.18. The molecular weight excluding hydrogens is 264 g/mol. The van der Waals surface area contributed by atoms with E-state index in [-0.39, 0.29) is 19.4 Å². The number of carboxylic acid groups (broad SMARTS) is 1. The Labute approximate surface area is 106 Å². The highest BCUT2D eigenvalue weighted by atomic mass is 32.2. The highest BCUT2D eigenvalue weighted by Crippen LogP contribution is 2.01. The molecule has 0 aliphatic carbocycles. The lowest BCUT2D eigenvalue weighted by molar-refractivity contribution is -0.142. The Morgan fingerprint density at radius 1 is 1.39 bits per heavy atom. The van der Waals surface area contributed by atoms with Crippen molar-refractivity contribution in [3.63, 3.8) is 0 Å². The van der Waals surface area contributed by atoms with E-state index in [1.165, 1.54) is 7.11 Å². The summed E-state index contributed by atoms with van der Waals surface area (Å²) in [7, 11) is -2.70. The maximum Gasteiger partial charge on any atom is 0.321 e. The molecule has 3 N–H and O–H groups in total. The Bertz CT molecular complexity index is 381. The molecule has 106 valence electrons. The van der Waals surface area contributed by atoms with Gasteiger partial charge >= 0.3 is 11.9 Å². The molecule has 0 fully saturated rings. The second-order valence-electron chi connectivity index (χ2n) is 3.52. The number of hydrogen-bond acceptors (Lipinski definition) is 5. The molecule has 0 bridgehead atoms. The SMILES string of the molecule is CCCNS(=O)(=O)NC(CCC(=O)OC)C(=O)O. The fourth-order valence-corrected chi connectivity index (χ4v) is 2.21. The molecule has 0 aliphatic heterocycles. The van der Waals surface area contributed by atoms with Gasteiger partial charge in [-0.25, -0.2) is 4.72 Å². The van der Waals surface area contributed by atoms with Gasteiger partial charge in [-0.3, -0.25) is 9.59 Å². The Morgan fingerprint density at radius 2 is 2.00 bits per heavy atom. The molecule has 0 rings (SSSR count). The van der Waals surface area contributed by atoms with Gasteiger partial charge in [-0.2, -0.15) is 13.1 Å². The fourth-order valence-electron chi connectivity index (χ4n) is 1.06. The highest BCUT2D eigenvalue weighted by Gasteiger charge is 2.24. The molecule has 0 saturated heterocycles. The average molecular weight is 282 g/mol. The van der Waals surface area contributed by atoms with E-state index < -0.39 is 28.2 Å². The largest absolute Gasteiger partial charge is 0.480 e. The quantitative estimate of drug-likeness (QED) is 0.477. The zero-order valence-electron chi connectivity index (χ0n) is 10.3. The maximum absolute atomic E-state index is 11.4. The van der Waals surface area contributed by atoms with E-state index in [1.54, 1.807) is 6.92 Å². The first-order valence-corrected chi connectivity index (χ1v) is 6.87. The molecule has 8 nitrogen and oxygen atoms in total. The molecule has 1 atom stereocenters. The number of rotatable bonds is 9. The Balaban J connectivity index is 4.44. The predicted molar refractivity (Wildman–Crippen MR) is 63.0 cm³/mol. The first-order chi connectivity index (χ1) is 8.32. The highest BCUT2D eigenvalue weighted by molar-refractivity contribution is 7.87. The van der Waals surface area contributed by atoms with E-state index in [2.05, 4.69) is 9.46 Å². The van der Waals surface area contributed by atoms with Crippen LogP contribution in [0.25, 0.3) is 0 Å². The van der Waals surface area contributed by atoms with E-state index in [4.69, 9.17) is 5.11 Å². The smallest absolute Gasteiger partial charge is 0.321 e. The van der Waals surface area contributed by atoms with Gasteiger partial charge in [-0.15, -0.1) is 0 Å². The van der Waals surface area contributed by atoms with Crippen LogP contribution in [0, 0.1) is 0 Å². The summed E-state index contributed by atoms with van der Waals surface area (Å²) >= 11 is 0. The maximum atomic E-state index is 11.4. The van der Waals surface area contributed by atoms with Gasteiger partial charge in [0, 0.05) is 13.0 Å². The topological polar surface area (TPSA) is 122 Å². The molecule has 0 heterocycles. The van der Waals surface area contributed by atoms with Crippen molar-refractivity contribution in [2.24, 2.45) is 0 Å². The van der Waals surface area contributed by atoms with Crippen molar-refractivity contribution in [3.05, 3.63) is 0 Å².